The fourth-order valence-corrected chi connectivity index (χ4v) is 2.26. The zero-order valence-corrected chi connectivity index (χ0v) is 10.0. The Kier molecular flexibility index (Phi) is 4.58. The van der Waals surface area contributed by atoms with Gasteiger partial charge in [-0.3, -0.25) is 4.79 Å². The summed E-state index contributed by atoms with van der Waals surface area (Å²) >= 11 is 0. The predicted molar refractivity (Wildman–Crippen MR) is 62.5 cm³/mol. The molecule has 0 aliphatic heterocycles. The van der Waals surface area contributed by atoms with Crippen LogP contribution in [0, 0.1) is 0 Å². The number of rotatable bonds is 5. The number of nitrogens with one attached hydrogen (secondary N) is 1. The van der Waals surface area contributed by atoms with E-state index < -0.39 is 0 Å². The van der Waals surface area contributed by atoms with Gasteiger partial charge in [0.2, 0.25) is 5.91 Å². The third kappa shape index (κ3) is 4.65. The van der Waals surface area contributed by atoms with Gasteiger partial charge in [-0.2, -0.15) is 0 Å². The smallest absolute Gasteiger partial charge is 0.220 e. The Hall–Kier alpha value is -0.570. The van der Waals surface area contributed by atoms with Gasteiger partial charge in [-0.15, -0.1) is 0 Å². The highest BCUT2D eigenvalue weighted by Gasteiger charge is 2.29. The first kappa shape index (κ1) is 12.5. The summed E-state index contributed by atoms with van der Waals surface area (Å²) in [7, 11) is 0. The van der Waals surface area contributed by atoms with Crippen LogP contribution in [-0.4, -0.2) is 17.5 Å². The molecule has 0 radical (unpaired) electrons. The lowest BCUT2D eigenvalue weighted by atomic mass is 10.0. The number of nitrogens with two attached hydrogens (primary N) is 1. The Labute approximate surface area is 92.8 Å². The number of carbonyl (C=O) groups is 1. The van der Waals surface area contributed by atoms with Crippen LogP contribution in [0.5, 0.6) is 0 Å². The van der Waals surface area contributed by atoms with Gasteiger partial charge in [-0.05, 0) is 39.5 Å². The SMILES string of the molecule is CC(N)CCCC(=O)NC1(C)CCCC1. The van der Waals surface area contributed by atoms with E-state index in [1.54, 1.807) is 0 Å². The number of hydrogen-bond donors (Lipinski definition) is 2. The lowest BCUT2D eigenvalue weighted by Crippen LogP contribution is -2.43. The minimum Gasteiger partial charge on any atom is -0.351 e. The maximum absolute atomic E-state index is 11.6. The van der Waals surface area contributed by atoms with Crippen molar-refractivity contribution in [3.63, 3.8) is 0 Å². The molecule has 0 saturated heterocycles. The van der Waals surface area contributed by atoms with Crippen LogP contribution in [0.2, 0.25) is 0 Å². The lowest BCUT2D eigenvalue weighted by molar-refractivity contribution is -0.122. The Morgan fingerprint density at radius 1 is 1.47 bits per heavy atom. The van der Waals surface area contributed by atoms with Crippen molar-refractivity contribution in [3.8, 4) is 0 Å². The lowest BCUT2D eigenvalue weighted by Gasteiger charge is -2.25. The van der Waals surface area contributed by atoms with Gasteiger partial charge in [-0.25, -0.2) is 0 Å². The maximum Gasteiger partial charge on any atom is 0.220 e. The van der Waals surface area contributed by atoms with Crippen LogP contribution in [0.4, 0.5) is 0 Å². The summed E-state index contributed by atoms with van der Waals surface area (Å²) in [6, 6.07) is 0.208. The molecule has 0 bridgehead atoms. The topological polar surface area (TPSA) is 55.1 Å². The summed E-state index contributed by atoms with van der Waals surface area (Å²) in [5.41, 5.74) is 5.71. The second kappa shape index (κ2) is 5.50. The Balaban J connectivity index is 2.18. The first-order valence-corrected chi connectivity index (χ1v) is 6.08. The van der Waals surface area contributed by atoms with E-state index in [9.17, 15) is 4.79 Å². The highest BCUT2D eigenvalue weighted by molar-refractivity contribution is 5.76. The van der Waals surface area contributed by atoms with Crippen LogP contribution in [0.15, 0.2) is 0 Å². The van der Waals surface area contributed by atoms with Crippen molar-refractivity contribution < 1.29 is 4.79 Å². The van der Waals surface area contributed by atoms with Crippen LogP contribution in [-0.2, 0) is 4.79 Å². The molecule has 15 heavy (non-hydrogen) atoms. The number of hydrogen-bond acceptors (Lipinski definition) is 2. The molecule has 1 saturated carbocycles. The monoisotopic (exact) mass is 212 g/mol. The van der Waals surface area contributed by atoms with Crippen LogP contribution in [0.25, 0.3) is 0 Å². The van der Waals surface area contributed by atoms with Crippen LogP contribution in [0.1, 0.15) is 58.8 Å². The fourth-order valence-electron chi connectivity index (χ4n) is 2.26. The van der Waals surface area contributed by atoms with Gasteiger partial charge in [0, 0.05) is 18.0 Å². The quantitative estimate of drug-likeness (QED) is 0.732. The molecule has 0 spiro atoms. The Morgan fingerprint density at radius 3 is 2.60 bits per heavy atom. The van der Waals surface area contributed by atoms with E-state index in [-0.39, 0.29) is 17.5 Å². The molecule has 0 aromatic heterocycles. The molecule has 0 aromatic rings. The first-order chi connectivity index (χ1) is 7.02. The molecule has 1 amide bonds. The van der Waals surface area contributed by atoms with Gasteiger partial charge >= 0.3 is 0 Å². The minimum absolute atomic E-state index is 0.0748. The van der Waals surface area contributed by atoms with Crippen molar-refractivity contribution in [3.05, 3.63) is 0 Å². The van der Waals surface area contributed by atoms with E-state index in [1.807, 2.05) is 6.92 Å². The molecule has 1 atom stereocenters. The van der Waals surface area contributed by atoms with Crippen LogP contribution >= 0.6 is 0 Å². The normalized spacial score (nSPS) is 21.3. The Bertz CT molecular complexity index is 208. The second-order valence-corrected chi connectivity index (χ2v) is 5.19. The van der Waals surface area contributed by atoms with Crippen molar-refractivity contribution >= 4 is 5.91 Å². The van der Waals surface area contributed by atoms with Crippen LogP contribution in [0.3, 0.4) is 0 Å². The fraction of sp³-hybridized carbons (Fsp3) is 0.917. The molecule has 1 aliphatic carbocycles. The summed E-state index contributed by atoms with van der Waals surface area (Å²) in [6.45, 7) is 4.14. The summed E-state index contributed by atoms with van der Waals surface area (Å²) in [5, 5.41) is 3.15. The zero-order chi connectivity index (χ0) is 11.3. The third-order valence-corrected chi connectivity index (χ3v) is 3.21. The molecule has 1 aliphatic rings. The standard InChI is InChI=1S/C12H24N2O/c1-10(13)6-5-7-11(15)14-12(2)8-3-4-9-12/h10H,3-9,13H2,1-2H3,(H,14,15). The van der Waals surface area contributed by atoms with E-state index in [0.29, 0.717) is 6.42 Å². The predicted octanol–water partition coefficient (Wildman–Crippen LogP) is 1.95. The van der Waals surface area contributed by atoms with E-state index >= 15 is 0 Å². The molecule has 88 valence electrons. The van der Waals surface area contributed by atoms with E-state index in [2.05, 4.69) is 12.2 Å². The molecule has 0 heterocycles. The van der Waals surface area contributed by atoms with E-state index in [1.165, 1.54) is 12.8 Å². The molecular formula is C12H24N2O. The van der Waals surface area contributed by atoms with Crippen LogP contribution < -0.4 is 11.1 Å². The molecule has 1 fully saturated rings. The van der Waals surface area contributed by atoms with Gasteiger partial charge in [0.1, 0.15) is 0 Å². The molecule has 3 N–H and O–H groups in total. The molecule has 0 aromatic carbocycles. The second-order valence-electron chi connectivity index (χ2n) is 5.19. The maximum atomic E-state index is 11.6. The van der Waals surface area contributed by atoms with Crippen molar-refractivity contribution in [1.82, 2.24) is 5.32 Å². The average Bonchev–Trinajstić information content (AvgIpc) is 2.50. The number of amides is 1. The van der Waals surface area contributed by atoms with Crippen molar-refractivity contribution in [2.75, 3.05) is 0 Å². The van der Waals surface area contributed by atoms with Gasteiger partial charge in [0.25, 0.3) is 0 Å². The first-order valence-electron chi connectivity index (χ1n) is 6.08. The summed E-state index contributed by atoms with van der Waals surface area (Å²) in [5.74, 6) is 0.194. The summed E-state index contributed by atoms with van der Waals surface area (Å²) < 4.78 is 0. The number of carbonyl (C=O) groups excluding carboxylic acids is 1. The van der Waals surface area contributed by atoms with Crippen molar-refractivity contribution in [1.29, 1.82) is 0 Å². The van der Waals surface area contributed by atoms with Gasteiger partial charge in [-0.1, -0.05) is 12.8 Å². The summed E-state index contributed by atoms with van der Waals surface area (Å²) in [6.07, 6.45) is 7.21. The highest BCUT2D eigenvalue weighted by atomic mass is 16.1. The van der Waals surface area contributed by atoms with Gasteiger partial charge < -0.3 is 11.1 Å². The molecular weight excluding hydrogens is 188 g/mol. The zero-order valence-electron chi connectivity index (χ0n) is 10.0. The summed E-state index contributed by atoms with van der Waals surface area (Å²) in [4.78, 5) is 11.6. The minimum atomic E-state index is 0.0748. The van der Waals surface area contributed by atoms with E-state index in [4.69, 9.17) is 5.73 Å². The van der Waals surface area contributed by atoms with Gasteiger partial charge in [0.15, 0.2) is 0 Å². The van der Waals surface area contributed by atoms with E-state index in [0.717, 1.165) is 25.7 Å². The largest absolute Gasteiger partial charge is 0.351 e. The highest BCUT2D eigenvalue weighted by Crippen LogP contribution is 2.28. The van der Waals surface area contributed by atoms with Gasteiger partial charge in [0.05, 0.1) is 0 Å². The Morgan fingerprint density at radius 2 is 2.07 bits per heavy atom. The average molecular weight is 212 g/mol. The van der Waals surface area contributed by atoms with Crippen molar-refractivity contribution in [2.24, 2.45) is 5.73 Å². The van der Waals surface area contributed by atoms with Crippen molar-refractivity contribution in [2.45, 2.75) is 70.4 Å². The molecule has 3 nitrogen and oxygen atoms in total. The third-order valence-electron chi connectivity index (χ3n) is 3.21. The molecule has 1 rings (SSSR count). The molecule has 1 unspecified atom stereocenters. The molecule has 3 heteroatoms.